The van der Waals surface area contributed by atoms with Gasteiger partial charge in [0, 0.05) is 31.7 Å². The lowest BCUT2D eigenvalue weighted by atomic mass is 10.2. The van der Waals surface area contributed by atoms with Crippen LogP contribution in [0.1, 0.15) is 54.9 Å². The van der Waals surface area contributed by atoms with Crippen LogP contribution in [0.2, 0.25) is 0 Å². The van der Waals surface area contributed by atoms with Gasteiger partial charge in [-0.1, -0.05) is 0 Å². The fourth-order valence-corrected chi connectivity index (χ4v) is 2.03. The molecule has 0 heterocycles. The lowest BCUT2D eigenvalue weighted by Gasteiger charge is -2.30. The van der Waals surface area contributed by atoms with Gasteiger partial charge < -0.3 is 10.1 Å². The van der Waals surface area contributed by atoms with E-state index in [0.717, 1.165) is 13.1 Å². The van der Waals surface area contributed by atoms with Crippen LogP contribution in [0, 0.1) is 0 Å². The van der Waals surface area contributed by atoms with Gasteiger partial charge in [0.1, 0.15) is 5.60 Å². The summed E-state index contributed by atoms with van der Waals surface area (Å²) >= 11 is 0. The van der Waals surface area contributed by atoms with Gasteiger partial charge in [-0.2, -0.15) is 0 Å². The molecule has 0 amide bonds. The first-order valence-corrected chi connectivity index (χ1v) is 7.32. The molecule has 19 heavy (non-hydrogen) atoms. The highest BCUT2D eigenvalue weighted by atomic mass is 16.6. The highest BCUT2D eigenvalue weighted by Gasteiger charge is 2.16. The molecule has 0 aliphatic carbocycles. The third-order valence-corrected chi connectivity index (χ3v) is 2.80. The molecule has 0 aromatic rings. The van der Waals surface area contributed by atoms with Crippen molar-refractivity contribution in [1.82, 2.24) is 10.2 Å². The first-order chi connectivity index (χ1) is 8.63. The molecule has 4 nitrogen and oxygen atoms in total. The van der Waals surface area contributed by atoms with E-state index in [0.29, 0.717) is 25.0 Å². The second-order valence-corrected chi connectivity index (χ2v) is 6.51. The Hall–Kier alpha value is -0.610. The molecule has 0 rings (SSSR count). The Balaban J connectivity index is 3.73. The first-order valence-electron chi connectivity index (χ1n) is 7.32. The number of hydrogen-bond acceptors (Lipinski definition) is 4. The molecule has 0 atom stereocenters. The minimum Gasteiger partial charge on any atom is -0.460 e. The van der Waals surface area contributed by atoms with Crippen molar-refractivity contribution in [2.24, 2.45) is 0 Å². The van der Waals surface area contributed by atoms with Crippen LogP contribution in [-0.2, 0) is 9.53 Å². The second kappa shape index (κ2) is 8.54. The molecule has 0 bridgehead atoms. The number of carbonyl (C=O) groups is 1. The summed E-state index contributed by atoms with van der Waals surface area (Å²) in [7, 11) is 0. The van der Waals surface area contributed by atoms with Crippen molar-refractivity contribution in [2.45, 2.75) is 72.6 Å². The first kappa shape index (κ1) is 18.4. The number of esters is 1. The van der Waals surface area contributed by atoms with Gasteiger partial charge in [0.25, 0.3) is 0 Å². The Morgan fingerprint density at radius 2 is 1.63 bits per heavy atom. The molecule has 114 valence electrons. The number of rotatable bonds is 8. The Labute approximate surface area is 118 Å². The molecule has 0 aliphatic rings. The Morgan fingerprint density at radius 3 is 2.05 bits per heavy atom. The summed E-state index contributed by atoms with van der Waals surface area (Å²) < 4.78 is 5.25. The summed E-state index contributed by atoms with van der Waals surface area (Å²) in [6.45, 7) is 17.1. The number of nitrogens with one attached hydrogen (secondary N) is 1. The van der Waals surface area contributed by atoms with E-state index in [2.05, 4.69) is 37.9 Å². The van der Waals surface area contributed by atoms with Crippen LogP contribution in [0.15, 0.2) is 0 Å². The Morgan fingerprint density at radius 1 is 1.11 bits per heavy atom. The molecule has 0 radical (unpaired) electrons. The topological polar surface area (TPSA) is 41.6 Å². The largest absolute Gasteiger partial charge is 0.460 e. The predicted molar refractivity (Wildman–Crippen MR) is 80.3 cm³/mol. The van der Waals surface area contributed by atoms with Gasteiger partial charge in [-0.3, -0.25) is 9.69 Å². The standard InChI is InChI=1S/C15H32N2O2/c1-12(2)17(13(3)4)11-10-16-9-8-14(18)19-15(5,6)7/h12-13,16H,8-11H2,1-7H3. The summed E-state index contributed by atoms with van der Waals surface area (Å²) in [5, 5.41) is 3.30. The van der Waals surface area contributed by atoms with Crippen LogP contribution in [0.25, 0.3) is 0 Å². The van der Waals surface area contributed by atoms with Crippen molar-refractivity contribution in [3.63, 3.8) is 0 Å². The van der Waals surface area contributed by atoms with Crippen molar-refractivity contribution < 1.29 is 9.53 Å². The third kappa shape index (κ3) is 9.91. The van der Waals surface area contributed by atoms with E-state index < -0.39 is 0 Å². The number of carbonyl (C=O) groups excluding carboxylic acids is 1. The molecule has 4 heteroatoms. The van der Waals surface area contributed by atoms with Crippen molar-refractivity contribution >= 4 is 5.97 Å². The quantitative estimate of drug-likeness (QED) is 0.544. The van der Waals surface area contributed by atoms with Crippen molar-refractivity contribution in [1.29, 1.82) is 0 Å². The van der Waals surface area contributed by atoms with E-state index in [1.54, 1.807) is 0 Å². The van der Waals surface area contributed by atoms with Crippen molar-refractivity contribution in [3.8, 4) is 0 Å². The van der Waals surface area contributed by atoms with E-state index in [1.807, 2.05) is 20.8 Å². The average molecular weight is 272 g/mol. The van der Waals surface area contributed by atoms with E-state index in [4.69, 9.17) is 4.74 Å². The molecule has 0 spiro atoms. The maximum absolute atomic E-state index is 11.5. The zero-order chi connectivity index (χ0) is 15.1. The number of nitrogens with zero attached hydrogens (tertiary/aromatic N) is 1. The summed E-state index contributed by atoms with van der Waals surface area (Å²) in [6.07, 6.45) is 0.431. The van der Waals surface area contributed by atoms with E-state index in [-0.39, 0.29) is 11.6 Å². The van der Waals surface area contributed by atoms with Crippen molar-refractivity contribution in [2.75, 3.05) is 19.6 Å². The second-order valence-electron chi connectivity index (χ2n) is 6.51. The van der Waals surface area contributed by atoms with Gasteiger partial charge in [0.2, 0.25) is 0 Å². The van der Waals surface area contributed by atoms with Crippen LogP contribution in [-0.4, -0.2) is 48.2 Å². The maximum atomic E-state index is 11.5. The molecule has 0 fully saturated rings. The summed E-state index contributed by atoms with van der Waals surface area (Å²) in [5.74, 6) is -0.135. The van der Waals surface area contributed by atoms with E-state index >= 15 is 0 Å². The summed E-state index contributed by atoms with van der Waals surface area (Å²) in [6, 6.07) is 1.10. The third-order valence-electron chi connectivity index (χ3n) is 2.80. The summed E-state index contributed by atoms with van der Waals surface area (Å²) in [4.78, 5) is 13.9. The molecular formula is C15H32N2O2. The van der Waals surface area contributed by atoms with Crippen LogP contribution in [0.4, 0.5) is 0 Å². The van der Waals surface area contributed by atoms with Gasteiger partial charge in [0.15, 0.2) is 0 Å². The Kier molecular flexibility index (Phi) is 8.26. The molecule has 0 saturated carbocycles. The van der Waals surface area contributed by atoms with Gasteiger partial charge in [-0.15, -0.1) is 0 Å². The highest BCUT2D eigenvalue weighted by Crippen LogP contribution is 2.07. The molecule has 0 aliphatic heterocycles. The SMILES string of the molecule is CC(C)N(CCNCCC(=O)OC(C)(C)C)C(C)C. The molecule has 0 unspecified atom stereocenters. The number of hydrogen-bond donors (Lipinski definition) is 1. The van der Waals surface area contributed by atoms with Crippen LogP contribution in [0.3, 0.4) is 0 Å². The lowest BCUT2D eigenvalue weighted by molar-refractivity contribution is -0.154. The van der Waals surface area contributed by atoms with Gasteiger partial charge >= 0.3 is 5.97 Å². The van der Waals surface area contributed by atoms with Gasteiger partial charge in [-0.25, -0.2) is 0 Å². The maximum Gasteiger partial charge on any atom is 0.307 e. The van der Waals surface area contributed by atoms with Crippen LogP contribution >= 0.6 is 0 Å². The minimum atomic E-state index is -0.386. The van der Waals surface area contributed by atoms with Crippen LogP contribution < -0.4 is 5.32 Å². The molecule has 0 saturated heterocycles. The van der Waals surface area contributed by atoms with Gasteiger partial charge in [0.05, 0.1) is 6.42 Å². The molecular weight excluding hydrogens is 240 g/mol. The van der Waals surface area contributed by atoms with Crippen LogP contribution in [0.5, 0.6) is 0 Å². The van der Waals surface area contributed by atoms with Crippen molar-refractivity contribution in [3.05, 3.63) is 0 Å². The fourth-order valence-electron chi connectivity index (χ4n) is 2.03. The Bertz CT molecular complexity index is 249. The molecule has 0 aromatic carbocycles. The van der Waals surface area contributed by atoms with E-state index in [1.165, 1.54) is 0 Å². The monoisotopic (exact) mass is 272 g/mol. The minimum absolute atomic E-state index is 0.135. The predicted octanol–water partition coefficient (Wildman–Crippen LogP) is 2.43. The smallest absolute Gasteiger partial charge is 0.307 e. The average Bonchev–Trinajstić information content (AvgIpc) is 2.19. The van der Waals surface area contributed by atoms with Gasteiger partial charge in [-0.05, 0) is 48.5 Å². The molecule has 1 N–H and O–H groups in total. The van der Waals surface area contributed by atoms with E-state index in [9.17, 15) is 4.79 Å². The highest BCUT2D eigenvalue weighted by molar-refractivity contribution is 5.70. The normalized spacial score (nSPS) is 12.5. The summed E-state index contributed by atoms with van der Waals surface area (Å²) in [5.41, 5.74) is -0.386. The number of ether oxygens (including phenoxy) is 1. The zero-order valence-electron chi connectivity index (χ0n) is 13.7. The fraction of sp³-hybridized carbons (Fsp3) is 0.933. The molecule has 0 aromatic heterocycles. The zero-order valence-corrected chi connectivity index (χ0v) is 13.7. The lowest BCUT2D eigenvalue weighted by Crippen LogP contribution is -2.41.